The number of aromatic nitrogens is 1. The summed E-state index contributed by atoms with van der Waals surface area (Å²) in [5, 5.41) is 3.07. The second-order valence-electron chi connectivity index (χ2n) is 2.56. The van der Waals surface area contributed by atoms with Gasteiger partial charge < -0.3 is 0 Å². The molecule has 62 valence electrons. The van der Waals surface area contributed by atoms with E-state index in [0.29, 0.717) is 10.6 Å². The van der Waals surface area contributed by atoms with Gasteiger partial charge in [0.15, 0.2) is 0 Å². The van der Waals surface area contributed by atoms with Crippen LogP contribution in [0.25, 0.3) is 0 Å². The van der Waals surface area contributed by atoms with Gasteiger partial charge in [-0.15, -0.1) is 11.3 Å². The number of nitrogens with zero attached hydrogens (tertiary/aromatic N) is 1. The number of imide groups is 1. The third-order valence-electron chi connectivity index (χ3n) is 1.59. The van der Waals surface area contributed by atoms with Crippen molar-refractivity contribution in [3.8, 4) is 0 Å². The van der Waals surface area contributed by atoms with Gasteiger partial charge in [-0.25, -0.2) is 4.98 Å². The Morgan fingerprint density at radius 2 is 2.25 bits per heavy atom. The number of hydrogen-bond donors (Lipinski definition) is 1. The van der Waals surface area contributed by atoms with Gasteiger partial charge in [0.25, 0.3) is 5.91 Å². The molecule has 5 heteroatoms. The Morgan fingerprint density at radius 1 is 1.50 bits per heavy atom. The van der Waals surface area contributed by atoms with E-state index in [0.717, 1.165) is 5.01 Å². The smallest absolute Gasteiger partial charge is 0.269 e. The molecule has 4 nitrogen and oxygen atoms in total. The molecule has 1 aliphatic rings. The summed E-state index contributed by atoms with van der Waals surface area (Å²) in [5.41, 5.74) is 0.617. The number of fused-ring (bicyclic) bond motifs is 1. The van der Waals surface area contributed by atoms with Crippen LogP contribution >= 0.6 is 11.3 Å². The van der Waals surface area contributed by atoms with Crippen molar-refractivity contribution in [1.82, 2.24) is 10.3 Å². The van der Waals surface area contributed by atoms with Crippen molar-refractivity contribution in [1.29, 1.82) is 0 Å². The number of amides is 2. The molecule has 0 radical (unpaired) electrons. The first kappa shape index (κ1) is 7.42. The fourth-order valence-corrected chi connectivity index (χ4v) is 1.98. The molecule has 2 amide bonds. The highest BCUT2D eigenvalue weighted by Gasteiger charge is 2.25. The normalized spacial score (nSPS) is 15.8. The van der Waals surface area contributed by atoms with Crippen molar-refractivity contribution < 1.29 is 9.59 Å². The molecule has 1 N–H and O–H groups in total. The van der Waals surface area contributed by atoms with Gasteiger partial charge in [-0.3, -0.25) is 14.9 Å². The molecule has 0 saturated carbocycles. The number of carbonyl (C=O) groups is 2. The van der Waals surface area contributed by atoms with Crippen LogP contribution in [0.15, 0.2) is 0 Å². The average Bonchev–Trinajstić information content (AvgIpc) is 2.29. The first-order chi connectivity index (χ1) is 5.66. The van der Waals surface area contributed by atoms with Crippen LogP contribution in [0, 0.1) is 6.92 Å². The lowest BCUT2D eigenvalue weighted by Crippen LogP contribution is -2.36. The van der Waals surface area contributed by atoms with E-state index in [9.17, 15) is 9.59 Å². The van der Waals surface area contributed by atoms with E-state index in [-0.39, 0.29) is 18.2 Å². The van der Waals surface area contributed by atoms with Crippen molar-refractivity contribution in [2.75, 3.05) is 0 Å². The quantitative estimate of drug-likeness (QED) is 0.586. The Labute approximate surface area is 72.6 Å². The van der Waals surface area contributed by atoms with Crippen LogP contribution < -0.4 is 5.32 Å². The second-order valence-corrected chi connectivity index (χ2v) is 3.77. The minimum Gasteiger partial charge on any atom is -0.291 e. The van der Waals surface area contributed by atoms with E-state index in [1.165, 1.54) is 11.3 Å². The molecule has 0 aliphatic carbocycles. The number of thiazole rings is 1. The van der Waals surface area contributed by atoms with Crippen molar-refractivity contribution in [2.24, 2.45) is 0 Å². The van der Waals surface area contributed by atoms with Crippen LogP contribution in [0.4, 0.5) is 0 Å². The summed E-state index contributed by atoms with van der Waals surface area (Å²) in [6.07, 6.45) is 0.228. The summed E-state index contributed by atoms with van der Waals surface area (Å²) in [5.74, 6) is -0.579. The zero-order valence-corrected chi connectivity index (χ0v) is 7.20. The average molecular weight is 182 g/mol. The van der Waals surface area contributed by atoms with Crippen LogP contribution in [0.1, 0.15) is 20.4 Å². The van der Waals surface area contributed by atoms with E-state index >= 15 is 0 Å². The lowest BCUT2D eigenvalue weighted by molar-refractivity contribution is -0.119. The molecule has 0 unspecified atom stereocenters. The first-order valence-electron chi connectivity index (χ1n) is 3.47. The summed E-state index contributed by atoms with van der Waals surface area (Å²) in [7, 11) is 0. The standard InChI is InChI=1S/C7H6N2O2S/c1-3-8-4-2-5(10)9-7(11)6(4)12-3/h2H2,1H3,(H,9,10,11). The van der Waals surface area contributed by atoms with Gasteiger partial charge in [-0.2, -0.15) is 0 Å². The number of rotatable bonds is 0. The highest BCUT2D eigenvalue weighted by Crippen LogP contribution is 2.20. The van der Waals surface area contributed by atoms with Crippen molar-refractivity contribution in [2.45, 2.75) is 13.3 Å². The van der Waals surface area contributed by atoms with E-state index in [1.807, 2.05) is 6.92 Å². The molecule has 1 aromatic heterocycles. The fraction of sp³-hybridized carbons (Fsp3) is 0.286. The fourth-order valence-electron chi connectivity index (χ4n) is 1.15. The highest BCUT2D eigenvalue weighted by molar-refractivity contribution is 7.13. The van der Waals surface area contributed by atoms with E-state index < -0.39 is 0 Å². The van der Waals surface area contributed by atoms with Gasteiger partial charge in [-0.1, -0.05) is 0 Å². The maximum Gasteiger partial charge on any atom is 0.269 e. The number of hydrogen-bond acceptors (Lipinski definition) is 4. The summed E-state index contributed by atoms with van der Waals surface area (Å²) >= 11 is 1.32. The third kappa shape index (κ3) is 1.02. The van der Waals surface area contributed by atoms with Crippen molar-refractivity contribution in [3.63, 3.8) is 0 Å². The van der Waals surface area contributed by atoms with Crippen LogP contribution in [-0.4, -0.2) is 16.8 Å². The lowest BCUT2D eigenvalue weighted by Gasteiger charge is -2.08. The Morgan fingerprint density at radius 3 is 3.00 bits per heavy atom. The first-order valence-corrected chi connectivity index (χ1v) is 4.29. The molecule has 2 heterocycles. The summed E-state index contributed by atoms with van der Waals surface area (Å²) < 4.78 is 0. The highest BCUT2D eigenvalue weighted by atomic mass is 32.1. The Bertz CT molecular complexity index is 369. The van der Waals surface area contributed by atoms with Gasteiger partial charge in [-0.05, 0) is 6.92 Å². The maximum absolute atomic E-state index is 11.1. The monoisotopic (exact) mass is 182 g/mol. The molecule has 0 atom stereocenters. The summed E-state index contributed by atoms with van der Waals surface area (Å²) in [6.45, 7) is 1.82. The molecular formula is C7H6N2O2S. The van der Waals surface area contributed by atoms with E-state index in [1.54, 1.807) is 0 Å². The molecule has 2 rings (SSSR count). The summed E-state index contributed by atoms with van der Waals surface area (Å²) in [4.78, 5) is 26.7. The lowest BCUT2D eigenvalue weighted by atomic mass is 10.2. The van der Waals surface area contributed by atoms with Crippen LogP contribution in [0.3, 0.4) is 0 Å². The molecule has 12 heavy (non-hydrogen) atoms. The van der Waals surface area contributed by atoms with Gasteiger partial charge in [0.05, 0.1) is 17.1 Å². The predicted molar refractivity (Wildman–Crippen MR) is 43.0 cm³/mol. The Balaban J connectivity index is 2.53. The maximum atomic E-state index is 11.1. The number of nitrogens with one attached hydrogen (secondary N) is 1. The molecular weight excluding hydrogens is 176 g/mol. The topological polar surface area (TPSA) is 59.1 Å². The van der Waals surface area contributed by atoms with Crippen molar-refractivity contribution >= 4 is 23.2 Å². The zero-order valence-electron chi connectivity index (χ0n) is 6.38. The minimum absolute atomic E-state index is 0.228. The van der Waals surface area contributed by atoms with Gasteiger partial charge in [0.1, 0.15) is 4.88 Å². The largest absolute Gasteiger partial charge is 0.291 e. The second kappa shape index (κ2) is 2.38. The molecule has 0 aromatic carbocycles. The number of carbonyl (C=O) groups excluding carboxylic acids is 2. The zero-order chi connectivity index (χ0) is 8.72. The Hall–Kier alpha value is -1.23. The number of aryl methyl sites for hydroxylation is 1. The van der Waals surface area contributed by atoms with E-state index in [2.05, 4.69) is 10.3 Å². The molecule has 1 aliphatic heterocycles. The molecule has 0 bridgehead atoms. The predicted octanol–water partition coefficient (Wildman–Crippen LogP) is 0.264. The van der Waals surface area contributed by atoms with Crippen LogP contribution in [0.5, 0.6) is 0 Å². The third-order valence-corrected chi connectivity index (χ3v) is 2.60. The van der Waals surface area contributed by atoms with Gasteiger partial charge in [0, 0.05) is 0 Å². The van der Waals surface area contributed by atoms with Gasteiger partial charge in [0.2, 0.25) is 5.91 Å². The molecule has 0 saturated heterocycles. The minimum atomic E-state index is -0.313. The molecule has 0 spiro atoms. The van der Waals surface area contributed by atoms with Crippen LogP contribution in [0.2, 0.25) is 0 Å². The molecule has 1 aromatic rings. The van der Waals surface area contributed by atoms with E-state index in [4.69, 9.17) is 0 Å². The Kier molecular flexibility index (Phi) is 1.47. The SMILES string of the molecule is Cc1nc2c(s1)C(=O)NC(=O)C2. The summed E-state index contributed by atoms with van der Waals surface area (Å²) in [6, 6.07) is 0. The van der Waals surface area contributed by atoms with Crippen molar-refractivity contribution in [3.05, 3.63) is 15.6 Å². The van der Waals surface area contributed by atoms with Crippen LogP contribution in [-0.2, 0) is 11.2 Å². The van der Waals surface area contributed by atoms with Gasteiger partial charge >= 0.3 is 0 Å². The molecule has 0 fully saturated rings.